The van der Waals surface area contributed by atoms with Crippen LogP contribution in [0.3, 0.4) is 0 Å². The molecule has 1 rings (SSSR count). The second-order valence-corrected chi connectivity index (χ2v) is 14.9. The zero-order chi connectivity index (χ0) is 45.0. The number of carbonyl (C=O) groups is 11. The maximum absolute atomic E-state index is 14.0. The van der Waals surface area contributed by atoms with Gasteiger partial charge in [-0.25, -0.2) is 0 Å². The Hall–Kier alpha value is -5.63. The molecular formula is C38H61N7O14. The molecule has 6 atom stereocenters. The third-order valence-corrected chi connectivity index (χ3v) is 9.29. The number of carbonyl (C=O) groups excluding carboxylic acids is 9. The predicted molar refractivity (Wildman–Crippen MR) is 208 cm³/mol. The van der Waals surface area contributed by atoms with E-state index in [-0.39, 0.29) is 45.4 Å². The van der Waals surface area contributed by atoms with Crippen LogP contribution in [0.25, 0.3) is 0 Å². The van der Waals surface area contributed by atoms with Crippen molar-refractivity contribution in [2.75, 3.05) is 19.7 Å². The monoisotopic (exact) mass is 839 g/mol. The summed E-state index contributed by atoms with van der Waals surface area (Å²) in [6, 6.07) is -7.68. The summed E-state index contributed by atoms with van der Waals surface area (Å²) >= 11 is 0. The Kier molecular flexibility index (Phi) is 22.4. The van der Waals surface area contributed by atoms with Gasteiger partial charge in [0.2, 0.25) is 41.2 Å². The Morgan fingerprint density at radius 2 is 1.22 bits per heavy atom. The van der Waals surface area contributed by atoms with Crippen LogP contribution in [0.5, 0.6) is 0 Å². The van der Waals surface area contributed by atoms with Gasteiger partial charge >= 0.3 is 17.9 Å². The molecule has 0 radical (unpaired) electrons. The van der Waals surface area contributed by atoms with E-state index in [0.717, 1.165) is 6.92 Å². The molecule has 0 aromatic carbocycles. The molecule has 332 valence electrons. The molecule has 0 aliphatic carbocycles. The number of ketones is 1. The first-order chi connectivity index (χ1) is 27.6. The van der Waals surface area contributed by atoms with Gasteiger partial charge in [0.15, 0.2) is 0 Å². The summed E-state index contributed by atoms with van der Waals surface area (Å²) in [6.07, 6.45) is -0.819. The maximum Gasteiger partial charge on any atom is 0.307 e. The van der Waals surface area contributed by atoms with Gasteiger partial charge in [0.05, 0.1) is 19.1 Å². The lowest BCUT2D eigenvalue weighted by Gasteiger charge is -2.33. The van der Waals surface area contributed by atoms with Crippen molar-refractivity contribution in [2.24, 2.45) is 11.8 Å². The van der Waals surface area contributed by atoms with E-state index in [4.69, 9.17) is 9.84 Å². The molecule has 0 spiro atoms. The molecule has 1 aliphatic rings. The largest absolute Gasteiger partial charge is 0.481 e. The van der Waals surface area contributed by atoms with Crippen molar-refractivity contribution in [1.29, 1.82) is 0 Å². The SMILES string of the molecule is CCCC(NC(=O)[C@@H]1CCCN1C(=O)[C@@H](NC(=O)[C@@H](NC(=O)[C@H](CCC(=O)O)NC(=O)[C@H](CCC(=O)O)NC(C)=O)C(C)C)C(C)C)C(=O)C(=O)NCCC(=O)OCC. The normalized spacial score (nSPS) is 16.1. The zero-order valence-electron chi connectivity index (χ0n) is 34.8. The molecule has 1 unspecified atom stereocenters. The van der Waals surface area contributed by atoms with Crippen LogP contribution in [0.4, 0.5) is 0 Å². The molecule has 21 heteroatoms. The van der Waals surface area contributed by atoms with E-state index in [0.29, 0.717) is 12.8 Å². The highest BCUT2D eigenvalue weighted by atomic mass is 16.5. The van der Waals surface area contributed by atoms with Crippen LogP contribution in [0.1, 0.15) is 106 Å². The fourth-order valence-corrected chi connectivity index (χ4v) is 6.20. The van der Waals surface area contributed by atoms with E-state index >= 15 is 0 Å². The average molecular weight is 840 g/mol. The van der Waals surface area contributed by atoms with Crippen LogP contribution >= 0.6 is 0 Å². The van der Waals surface area contributed by atoms with Gasteiger partial charge in [0, 0.05) is 32.9 Å². The summed E-state index contributed by atoms with van der Waals surface area (Å²) in [6.45, 7) is 11.1. The summed E-state index contributed by atoms with van der Waals surface area (Å²) in [4.78, 5) is 141. The minimum Gasteiger partial charge on any atom is -0.481 e. The number of likely N-dealkylation sites (tertiary alicyclic amines) is 1. The quantitative estimate of drug-likeness (QED) is 0.0379. The Morgan fingerprint density at radius 3 is 1.73 bits per heavy atom. The Labute approximate surface area is 343 Å². The van der Waals surface area contributed by atoms with Crippen LogP contribution in [0.15, 0.2) is 0 Å². The number of nitrogens with zero attached hydrogens (tertiary/aromatic N) is 1. The van der Waals surface area contributed by atoms with Crippen LogP contribution in [0.2, 0.25) is 0 Å². The van der Waals surface area contributed by atoms with Crippen molar-refractivity contribution in [3.63, 3.8) is 0 Å². The number of amides is 7. The Balaban J connectivity index is 3.18. The second kappa shape index (κ2) is 25.7. The topological polar surface area (TPSA) is 313 Å². The van der Waals surface area contributed by atoms with Crippen molar-refractivity contribution >= 4 is 65.0 Å². The third-order valence-electron chi connectivity index (χ3n) is 9.29. The molecule has 0 aromatic rings. The molecule has 8 N–H and O–H groups in total. The van der Waals surface area contributed by atoms with Crippen LogP contribution < -0.4 is 31.9 Å². The minimum absolute atomic E-state index is 0.116. The molecule has 21 nitrogen and oxygen atoms in total. The van der Waals surface area contributed by atoms with Crippen molar-refractivity contribution in [3.05, 3.63) is 0 Å². The van der Waals surface area contributed by atoms with Gasteiger partial charge in [-0.15, -0.1) is 0 Å². The number of aliphatic carboxylic acids is 2. The molecule has 1 fully saturated rings. The van der Waals surface area contributed by atoms with E-state index in [9.17, 15) is 57.8 Å². The van der Waals surface area contributed by atoms with Gasteiger partial charge in [-0.05, 0) is 50.9 Å². The van der Waals surface area contributed by atoms with Gasteiger partial charge in [-0.1, -0.05) is 41.0 Å². The van der Waals surface area contributed by atoms with Gasteiger partial charge in [-0.2, -0.15) is 0 Å². The summed E-state index contributed by atoms with van der Waals surface area (Å²) < 4.78 is 4.80. The average Bonchev–Trinajstić information content (AvgIpc) is 3.65. The van der Waals surface area contributed by atoms with E-state index in [1.807, 2.05) is 0 Å². The zero-order valence-corrected chi connectivity index (χ0v) is 34.8. The number of hydrogen-bond donors (Lipinski definition) is 8. The van der Waals surface area contributed by atoms with Crippen molar-refractivity contribution in [3.8, 4) is 0 Å². The van der Waals surface area contributed by atoms with Crippen LogP contribution in [-0.2, 0) is 57.5 Å². The highest BCUT2D eigenvalue weighted by Gasteiger charge is 2.41. The van der Waals surface area contributed by atoms with E-state index in [2.05, 4.69) is 31.9 Å². The summed E-state index contributed by atoms with van der Waals surface area (Å²) in [5.41, 5.74) is 0. The standard InChI is InChI=1S/C38H61N7O14/c1-8-11-23(32(52)37(57)39-18-17-29(51)59-9-2)41-35(55)26-12-10-19-45(26)38(58)31(21(5)6)44-36(56)30(20(3)4)43-34(54)25(14-16-28(49)50)42-33(53)24(40-22(7)46)13-15-27(47)48/h20-21,23-26,30-31H,8-19H2,1-7H3,(H,39,57)(H,40,46)(H,41,55)(H,42,53)(H,43,54)(H,44,56)(H,47,48)(H,49,50)/t23?,24-,25-,26-,30-,31-/m0/s1. The first kappa shape index (κ1) is 51.4. The molecule has 59 heavy (non-hydrogen) atoms. The minimum atomic E-state index is -1.53. The maximum atomic E-state index is 14.0. The number of hydrogen-bond acceptors (Lipinski definition) is 12. The molecular weight excluding hydrogens is 778 g/mol. The first-order valence-corrected chi connectivity index (χ1v) is 19.8. The lowest BCUT2D eigenvalue weighted by atomic mass is 9.98. The fraction of sp³-hybridized carbons (Fsp3) is 0.711. The molecule has 1 aliphatic heterocycles. The molecule has 0 aromatic heterocycles. The summed E-state index contributed by atoms with van der Waals surface area (Å²) in [5, 5.41) is 33.1. The Bertz CT molecular complexity index is 1550. The van der Waals surface area contributed by atoms with Crippen LogP contribution in [-0.4, -0.2) is 136 Å². The lowest BCUT2D eigenvalue weighted by molar-refractivity contribution is -0.145. The fourth-order valence-electron chi connectivity index (χ4n) is 6.20. The molecule has 7 amide bonds. The predicted octanol–water partition coefficient (Wildman–Crippen LogP) is -1.10. The first-order valence-electron chi connectivity index (χ1n) is 19.8. The molecule has 1 heterocycles. The third kappa shape index (κ3) is 17.8. The number of Topliss-reactive ketones (excluding diaryl/α,β-unsaturated/α-hetero) is 1. The lowest BCUT2D eigenvalue weighted by Crippen LogP contribution is -2.61. The number of rotatable bonds is 26. The number of nitrogens with one attached hydrogen (secondary N) is 6. The van der Waals surface area contributed by atoms with Gasteiger partial charge in [-0.3, -0.25) is 52.7 Å². The second-order valence-electron chi connectivity index (χ2n) is 14.9. The smallest absolute Gasteiger partial charge is 0.307 e. The number of carboxylic acid groups (broad SMARTS) is 2. The summed E-state index contributed by atoms with van der Waals surface area (Å²) in [5.74, 6) is -10.8. The van der Waals surface area contributed by atoms with Gasteiger partial charge in [0.25, 0.3) is 5.91 Å². The van der Waals surface area contributed by atoms with E-state index in [1.165, 1.54) is 4.90 Å². The molecule has 0 bridgehead atoms. The van der Waals surface area contributed by atoms with Gasteiger partial charge in [0.1, 0.15) is 30.2 Å². The number of esters is 1. The van der Waals surface area contributed by atoms with Crippen molar-refractivity contribution in [2.45, 2.75) is 143 Å². The van der Waals surface area contributed by atoms with Crippen molar-refractivity contribution < 1.29 is 67.7 Å². The highest BCUT2D eigenvalue weighted by Crippen LogP contribution is 2.21. The molecule has 0 saturated carbocycles. The Morgan fingerprint density at radius 1 is 0.678 bits per heavy atom. The molecule has 1 saturated heterocycles. The number of ether oxygens (including phenoxy) is 1. The van der Waals surface area contributed by atoms with Crippen LogP contribution in [0, 0.1) is 11.8 Å². The van der Waals surface area contributed by atoms with Crippen molar-refractivity contribution in [1.82, 2.24) is 36.8 Å². The number of carboxylic acids is 2. The van der Waals surface area contributed by atoms with E-state index < -0.39 is 132 Å². The van der Waals surface area contributed by atoms with E-state index in [1.54, 1.807) is 41.5 Å². The van der Waals surface area contributed by atoms with Gasteiger partial charge < -0.3 is 51.8 Å². The summed E-state index contributed by atoms with van der Waals surface area (Å²) in [7, 11) is 0. The highest BCUT2D eigenvalue weighted by molar-refractivity contribution is 6.38.